The molecule has 1 aromatic carbocycles. The lowest BCUT2D eigenvalue weighted by atomic mass is 9.79. The van der Waals surface area contributed by atoms with Crippen molar-refractivity contribution in [2.75, 3.05) is 13.1 Å². The molecule has 2 aliphatic rings. The van der Waals surface area contributed by atoms with Gasteiger partial charge < -0.3 is 19.7 Å². The van der Waals surface area contributed by atoms with Crippen molar-refractivity contribution in [1.29, 1.82) is 0 Å². The number of aryl methyl sites for hydroxylation is 1. The highest BCUT2D eigenvalue weighted by Crippen LogP contribution is 2.38. The topological polar surface area (TPSA) is 117 Å². The average Bonchev–Trinajstić information content (AvgIpc) is 3.54. The van der Waals surface area contributed by atoms with Crippen LogP contribution in [0, 0.1) is 24.6 Å². The number of amides is 2. The van der Waals surface area contributed by atoms with Crippen molar-refractivity contribution >= 4 is 22.8 Å². The van der Waals surface area contributed by atoms with Crippen LogP contribution >= 0.6 is 0 Å². The van der Waals surface area contributed by atoms with E-state index in [1.165, 1.54) is 12.5 Å². The Morgan fingerprint density at radius 1 is 1.13 bits per heavy atom. The van der Waals surface area contributed by atoms with Gasteiger partial charge in [-0.2, -0.15) is 0 Å². The van der Waals surface area contributed by atoms with E-state index < -0.39 is 11.9 Å². The van der Waals surface area contributed by atoms with Crippen LogP contribution in [0.4, 0.5) is 4.39 Å². The van der Waals surface area contributed by atoms with Crippen LogP contribution < -0.4 is 5.32 Å². The molecule has 2 fully saturated rings. The average molecular weight is 531 g/mol. The lowest BCUT2D eigenvalue weighted by molar-refractivity contribution is 0.0652. The number of pyridine rings is 1. The molecular formula is C29H31FN6O3. The molecule has 1 aliphatic carbocycles. The number of fused-ring (bicyclic) bond motifs is 1. The number of rotatable bonds is 6. The fraction of sp³-hybridized carbons (Fsp3) is 0.414. The summed E-state index contributed by atoms with van der Waals surface area (Å²) in [4.78, 5) is 40.0. The summed E-state index contributed by atoms with van der Waals surface area (Å²) in [5.41, 5.74) is 2.68. The monoisotopic (exact) mass is 530 g/mol. The second-order valence-corrected chi connectivity index (χ2v) is 10.8. The number of halogens is 1. The van der Waals surface area contributed by atoms with Gasteiger partial charge in [0.1, 0.15) is 23.2 Å². The van der Waals surface area contributed by atoms with Gasteiger partial charge in [0.2, 0.25) is 0 Å². The van der Waals surface area contributed by atoms with Gasteiger partial charge in [0, 0.05) is 36.6 Å². The first kappa shape index (κ1) is 25.2. The molecule has 1 unspecified atom stereocenters. The summed E-state index contributed by atoms with van der Waals surface area (Å²) in [6.07, 6.45) is 9.34. The van der Waals surface area contributed by atoms with Crippen molar-refractivity contribution in [2.24, 2.45) is 11.8 Å². The van der Waals surface area contributed by atoms with E-state index in [1.807, 2.05) is 0 Å². The van der Waals surface area contributed by atoms with Gasteiger partial charge in [-0.15, -0.1) is 0 Å². The highest BCUT2D eigenvalue weighted by Gasteiger charge is 2.32. The molecule has 1 aliphatic heterocycles. The Labute approximate surface area is 225 Å². The largest absolute Gasteiger partial charge is 0.364 e. The van der Waals surface area contributed by atoms with Crippen molar-refractivity contribution in [3.05, 3.63) is 65.3 Å². The van der Waals surface area contributed by atoms with Crippen molar-refractivity contribution in [2.45, 2.75) is 52.0 Å². The lowest BCUT2D eigenvalue weighted by Crippen LogP contribution is -2.42. The molecule has 1 atom stereocenters. The normalized spacial score (nSPS) is 20.0. The van der Waals surface area contributed by atoms with Crippen LogP contribution in [0.2, 0.25) is 0 Å². The summed E-state index contributed by atoms with van der Waals surface area (Å²) < 4.78 is 21.0. The number of imidazole rings is 1. The van der Waals surface area contributed by atoms with Gasteiger partial charge >= 0.3 is 0 Å². The van der Waals surface area contributed by atoms with Gasteiger partial charge in [-0.3, -0.25) is 14.6 Å². The summed E-state index contributed by atoms with van der Waals surface area (Å²) in [5.74, 6) is 0.320. The number of carbonyl (C=O) groups is 2. The Balaban J connectivity index is 1.37. The van der Waals surface area contributed by atoms with Crippen molar-refractivity contribution in [1.82, 2.24) is 30.3 Å². The third-order valence-corrected chi connectivity index (χ3v) is 8.20. The highest BCUT2D eigenvalue weighted by atomic mass is 19.1. The van der Waals surface area contributed by atoms with Crippen LogP contribution in [0.15, 0.2) is 41.4 Å². The molecule has 4 aromatic rings. The zero-order chi connectivity index (χ0) is 27.1. The zero-order valence-corrected chi connectivity index (χ0v) is 22.0. The van der Waals surface area contributed by atoms with Gasteiger partial charge in [-0.25, -0.2) is 9.37 Å². The molecule has 1 saturated carbocycles. The zero-order valence-electron chi connectivity index (χ0n) is 22.0. The standard InChI is InChI=1S/C29H31FN6O3/c1-16-4-6-18(7-5-16)25(34-28(37)22-15-39-35-17(22)2)27-32-23-9-8-19(24(30)26(23)33-27)21-14-31-11-10-20(21)29(38)36-12-3-13-36/h8-11,14-16,18,25H,3-7,12-13H2,1-2H3,(H,32,33)(H,34,37). The quantitative estimate of drug-likeness (QED) is 0.354. The second-order valence-electron chi connectivity index (χ2n) is 10.8. The molecule has 202 valence electrons. The minimum Gasteiger partial charge on any atom is -0.364 e. The number of aromatic amines is 1. The molecule has 9 nitrogen and oxygen atoms in total. The number of H-pyrrole nitrogens is 1. The summed E-state index contributed by atoms with van der Waals surface area (Å²) in [6.45, 7) is 5.35. The molecule has 3 aromatic heterocycles. The Hall–Kier alpha value is -4.08. The summed E-state index contributed by atoms with van der Waals surface area (Å²) in [6, 6.07) is 4.62. The third kappa shape index (κ3) is 4.68. The molecular weight excluding hydrogens is 499 g/mol. The number of carbonyl (C=O) groups excluding carboxylic acids is 2. The summed E-state index contributed by atoms with van der Waals surface area (Å²) >= 11 is 0. The number of hydrogen-bond acceptors (Lipinski definition) is 6. The van der Waals surface area contributed by atoms with E-state index in [9.17, 15) is 9.59 Å². The SMILES string of the molecule is Cc1nocc1C(=O)NC(c1nc2c(F)c(-c3cnccc3C(=O)N3CCC3)ccc2[nH]1)C1CCC(C)CC1. The minimum atomic E-state index is -0.530. The Bertz CT molecular complexity index is 1530. The molecule has 2 amide bonds. The Kier molecular flexibility index (Phi) is 6.62. The smallest absolute Gasteiger partial charge is 0.257 e. The maximum absolute atomic E-state index is 16.1. The maximum atomic E-state index is 16.1. The Morgan fingerprint density at radius 2 is 1.92 bits per heavy atom. The van der Waals surface area contributed by atoms with Crippen LogP contribution in [-0.2, 0) is 0 Å². The van der Waals surface area contributed by atoms with Crippen molar-refractivity contribution in [3.63, 3.8) is 0 Å². The van der Waals surface area contributed by atoms with Gasteiger partial charge in [0.05, 0.1) is 22.8 Å². The maximum Gasteiger partial charge on any atom is 0.257 e. The second kappa shape index (κ2) is 10.2. The van der Waals surface area contributed by atoms with E-state index in [-0.39, 0.29) is 28.8 Å². The lowest BCUT2D eigenvalue weighted by Gasteiger charge is -2.32. The first-order valence-corrected chi connectivity index (χ1v) is 13.5. The summed E-state index contributed by atoms with van der Waals surface area (Å²) in [5, 5.41) is 6.95. The molecule has 4 heterocycles. The molecule has 0 radical (unpaired) electrons. The van der Waals surface area contributed by atoms with Crippen molar-refractivity contribution in [3.8, 4) is 11.1 Å². The van der Waals surface area contributed by atoms with Gasteiger partial charge in [-0.1, -0.05) is 24.9 Å². The molecule has 1 saturated heterocycles. The predicted octanol–water partition coefficient (Wildman–Crippen LogP) is 5.20. The summed E-state index contributed by atoms with van der Waals surface area (Å²) in [7, 11) is 0. The van der Waals surface area contributed by atoms with Crippen LogP contribution in [0.25, 0.3) is 22.2 Å². The van der Waals surface area contributed by atoms with E-state index >= 15 is 4.39 Å². The number of benzene rings is 1. The van der Waals surface area contributed by atoms with E-state index in [1.54, 1.807) is 36.2 Å². The molecule has 39 heavy (non-hydrogen) atoms. The van der Waals surface area contributed by atoms with Gasteiger partial charge in [0.15, 0.2) is 5.82 Å². The minimum absolute atomic E-state index is 0.126. The predicted molar refractivity (Wildman–Crippen MR) is 142 cm³/mol. The Morgan fingerprint density at radius 3 is 2.62 bits per heavy atom. The van der Waals surface area contributed by atoms with Gasteiger partial charge in [-0.05, 0) is 56.2 Å². The fourth-order valence-electron chi connectivity index (χ4n) is 5.66. The highest BCUT2D eigenvalue weighted by molar-refractivity contribution is 6.02. The number of hydrogen-bond donors (Lipinski definition) is 2. The number of nitrogens with one attached hydrogen (secondary N) is 2. The third-order valence-electron chi connectivity index (χ3n) is 8.20. The van der Waals surface area contributed by atoms with E-state index in [4.69, 9.17) is 4.52 Å². The van der Waals surface area contributed by atoms with Crippen LogP contribution in [0.5, 0.6) is 0 Å². The number of likely N-dealkylation sites (tertiary alicyclic amines) is 1. The first-order chi connectivity index (χ1) is 18.9. The number of aromatic nitrogens is 4. The van der Waals surface area contributed by atoms with Crippen LogP contribution in [0.1, 0.15) is 77.3 Å². The van der Waals surface area contributed by atoms with Gasteiger partial charge in [0.25, 0.3) is 11.8 Å². The molecule has 10 heteroatoms. The van der Waals surface area contributed by atoms with Crippen LogP contribution in [0.3, 0.4) is 0 Å². The van der Waals surface area contributed by atoms with Crippen molar-refractivity contribution < 1.29 is 18.5 Å². The fourth-order valence-corrected chi connectivity index (χ4v) is 5.66. The molecule has 6 rings (SSSR count). The van der Waals surface area contributed by atoms with E-state index in [0.29, 0.717) is 52.7 Å². The molecule has 0 spiro atoms. The van der Waals surface area contributed by atoms with E-state index in [2.05, 4.69) is 32.3 Å². The first-order valence-electron chi connectivity index (χ1n) is 13.5. The number of nitrogens with zero attached hydrogens (tertiary/aromatic N) is 4. The van der Waals surface area contributed by atoms with E-state index in [0.717, 1.165) is 32.1 Å². The van der Waals surface area contributed by atoms with Crippen LogP contribution in [-0.4, -0.2) is 49.9 Å². The molecule has 0 bridgehead atoms. The molecule has 2 N–H and O–H groups in total.